The first-order valence-electron chi connectivity index (χ1n) is 6.81. The Bertz CT molecular complexity index is 401. The Morgan fingerprint density at radius 2 is 2.06 bits per heavy atom. The molecule has 1 N–H and O–H groups in total. The van der Waals surface area contributed by atoms with E-state index in [0.717, 1.165) is 34.5 Å². The summed E-state index contributed by atoms with van der Waals surface area (Å²) in [5.41, 5.74) is 1.15. The zero-order chi connectivity index (χ0) is 13.1. The van der Waals surface area contributed by atoms with Crippen LogP contribution in [-0.4, -0.2) is 6.54 Å². The van der Waals surface area contributed by atoms with Crippen LogP contribution in [-0.2, 0) is 0 Å². The molecule has 1 aromatic carbocycles. The fourth-order valence-electron chi connectivity index (χ4n) is 2.53. The highest BCUT2D eigenvalue weighted by atomic mass is 35.5. The Hall–Kier alpha value is -0.240. The molecule has 3 heteroatoms. The van der Waals surface area contributed by atoms with E-state index in [1.165, 1.54) is 12.8 Å². The lowest BCUT2D eigenvalue weighted by Gasteiger charge is -2.26. The highest BCUT2D eigenvalue weighted by Gasteiger charge is 2.34. The number of hydrogen-bond acceptors (Lipinski definition) is 1. The molecule has 0 aromatic heterocycles. The lowest BCUT2D eigenvalue weighted by molar-refractivity contribution is 0.350. The summed E-state index contributed by atoms with van der Waals surface area (Å²) in [6.45, 7) is 5.53. The first-order chi connectivity index (χ1) is 8.63. The molecule has 0 radical (unpaired) electrons. The van der Waals surface area contributed by atoms with Gasteiger partial charge in [-0.15, -0.1) is 0 Å². The summed E-state index contributed by atoms with van der Waals surface area (Å²) < 4.78 is 0. The van der Waals surface area contributed by atoms with E-state index in [0.29, 0.717) is 12.0 Å². The van der Waals surface area contributed by atoms with Gasteiger partial charge in [0.25, 0.3) is 0 Å². The fourth-order valence-corrected chi connectivity index (χ4v) is 2.94. The molecule has 1 saturated carbocycles. The molecule has 2 unspecified atom stereocenters. The van der Waals surface area contributed by atoms with Crippen molar-refractivity contribution >= 4 is 23.2 Å². The van der Waals surface area contributed by atoms with Crippen LogP contribution in [0.25, 0.3) is 0 Å². The maximum Gasteiger partial charge on any atom is 0.0454 e. The van der Waals surface area contributed by atoms with Gasteiger partial charge in [-0.2, -0.15) is 0 Å². The van der Waals surface area contributed by atoms with Crippen molar-refractivity contribution in [1.29, 1.82) is 0 Å². The average Bonchev–Trinajstić information content (AvgIpc) is 3.17. The molecule has 18 heavy (non-hydrogen) atoms. The second kappa shape index (κ2) is 6.27. The van der Waals surface area contributed by atoms with E-state index in [9.17, 15) is 0 Å². The van der Waals surface area contributed by atoms with Crippen LogP contribution >= 0.6 is 23.2 Å². The molecular formula is C15H21Cl2N. The summed E-state index contributed by atoms with van der Waals surface area (Å²) in [6.07, 6.45) is 3.83. The van der Waals surface area contributed by atoms with E-state index in [2.05, 4.69) is 19.2 Å². The van der Waals surface area contributed by atoms with Crippen molar-refractivity contribution in [3.8, 4) is 0 Å². The van der Waals surface area contributed by atoms with Crippen LogP contribution in [0.1, 0.15) is 44.7 Å². The molecule has 0 aliphatic heterocycles. The molecule has 0 saturated heterocycles. The zero-order valence-corrected chi connectivity index (χ0v) is 12.6. The standard InChI is InChI=1S/C15H21Cl2N/c1-3-8-18-15(10(2)11-4-5-11)13-9-12(16)6-7-14(13)17/h6-7,9-11,15,18H,3-5,8H2,1-2H3. The number of benzene rings is 1. The van der Waals surface area contributed by atoms with Crippen LogP contribution in [0, 0.1) is 11.8 Å². The van der Waals surface area contributed by atoms with E-state index in [4.69, 9.17) is 23.2 Å². The van der Waals surface area contributed by atoms with E-state index in [1.54, 1.807) is 0 Å². The van der Waals surface area contributed by atoms with Crippen molar-refractivity contribution in [2.45, 2.75) is 39.2 Å². The third-order valence-electron chi connectivity index (χ3n) is 3.80. The summed E-state index contributed by atoms with van der Waals surface area (Å²) in [7, 11) is 0. The molecule has 2 rings (SSSR count). The van der Waals surface area contributed by atoms with E-state index < -0.39 is 0 Å². The van der Waals surface area contributed by atoms with Crippen LogP contribution < -0.4 is 5.32 Å². The molecule has 1 fully saturated rings. The first kappa shape index (κ1) is 14.2. The predicted octanol–water partition coefficient (Wildman–Crippen LogP) is 5.08. The van der Waals surface area contributed by atoms with E-state index in [1.807, 2.05) is 18.2 Å². The quantitative estimate of drug-likeness (QED) is 0.769. The van der Waals surface area contributed by atoms with Crippen molar-refractivity contribution < 1.29 is 0 Å². The highest BCUT2D eigenvalue weighted by Crippen LogP contribution is 2.44. The van der Waals surface area contributed by atoms with Gasteiger partial charge in [0.15, 0.2) is 0 Å². The number of rotatable bonds is 6. The Kier molecular flexibility index (Phi) is 4.94. The molecule has 1 aliphatic carbocycles. The highest BCUT2D eigenvalue weighted by molar-refractivity contribution is 6.33. The molecule has 1 nitrogen and oxygen atoms in total. The Morgan fingerprint density at radius 1 is 1.33 bits per heavy atom. The number of nitrogens with one attached hydrogen (secondary N) is 1. The minimum absolute atomic E-state index is 0.323. The molecule has 2 atom stereocenters. The van der Waals surface area contributed by atoms with Crippen molar-refractivity contribution in [2.75, 3.05) is 6.54 Å². The summed E-state index contributed by atoms with van der Waals surface area (Å²) in [5.74, 6) is 1.46. The largest absolute Gasteiger partial charge is 0.310 e. The third kappa shape index (κ3) is 3.40. The normalized spacial score (nSPS) is 18.7. The van der Waals surface area contributed by atoms with Crippen LogP contribution in [0.4, 0.5) is 0 Å². The number of halogens is 2. The molecular weight excluding hydrogens is 265 g/mol. The zero-order valence-electron chi connectivity index (χ0n) is 11.0. The maximum atomic E-state index is 6.34. The Labute approximate surface area is 120 Å². The van der Waals surface area contributed by atoms with Gasteiger partial charge in [-0.3, -0.25) is 0 Å². The van der Waals surface area contributed by atoms with Crippen LogP contribution in [0.5, 0.6) is 0 Å². The lowest BCUT2D eigenvalue weighted by atomic mass is 9.90. The van der Waals surface area contributed by atoms with E-state index in [-0.39, 0.29) is 0 Å². The van der Waals surface area contributed by atoms with Gasteiger partial charge >= 0.3 is 0 Å². The van der Waals surface area contributed by atoms with Crippen LogP contribution in [0.15, 0.2) is 18.2 Å². The van der Waals surface area contributed by atoms with Gasteiger partial charge in [0.2, 0.25) is 0 Å². The summed E-state index contributed by atoms with van der Waals surface area (Å²) in [4.78, 5) is 0. The van der Waals surface area contributed by atoms with Crippen LogP contribution in [0.2, 0.25) is 10.0 Å². The molecule has 0 spiro atoms. The molecule has 0 amide bonds. The Morgan fingerprint density at radius 3 is 2.67 bits per heavy atom. The molecule has 1 aliphatic rings. The summed E-state index contributed by atoms with van der Waals surface area (Å²) in [5, 5.41) is 5.22. The van der Waals surface area contributed by atoms with Gasteiger partial charge < -0.3 is 5.32 Å². The van der Waals surface area contributed by atoms with Crippen molar-refractivity contribution in [3.63, 3.8) is 0 Å². The predicted molar refractivity (Wildman–Crippen MR) is 79.4 cm³/mol. The van der Waals surface area contributed by atoms with Gasteiger partial charge in [-0.05, 0) is 61.4 Å². The Balaban J connectivity index is 2.22. The first-order valence-corrected chi connectivity index (χ1v) is 7.57. The smallest absolute Gasteiger partial charge is 0.0454 e. The lowest BCUT2D eigenvalue weighted by Crippen LogP contribution is -2.29. The molecule has 100 valence electrons. The van der Waals surface area contributed by atoms with Crippen LogP contribution in [0.3, 0.4) is 0 Å². The second-order valence-electron chi connectivity index (χ2n) is 5.29. The van der Waals surface area contributed by atoms with E-state index >= 15 is 0 Å². The minimum atomic E-state index is 0.323. The van der Waals surface area contributed by atoms with Gasteiger partial charge in [0, 0.05) is 16.1 Å². The summed E-state index contributed by atoms with van der Waals surface area (Å²) in [6, 6.07) is 6.09. The second-order valence-corrected chi connectivity index (χ2v) is 6.14. The molecule has 1 aromatic rings. The van der Waals surface area contributed by atoms with Crippen molar-refractivity contribution in [3.05, 3.63) is 33.8 Å². The van der Waals surface area contributed by atoms with Gasteiger partial charge in [0.05, 0.1) is 0 Å². The third-order valence-corrected chi connectivity index (χ3v) is 4.38. The molecule has 0 heterocycles. The minimum Gasteiger partial charge on any atom is -0.310 e. The number of hydrogen-bond donors (Lipinski definition) is 1. The fraction of sp³-hybridized carbons (Fsp3) is 0.600. The topological polar surface area (TPSA) is 12.0 Å². The van der Waals surface area contributed by atoms with Gasteiger partial charge in [-0.1, -0.05) is 37.0 Å². The van der Waals surface area contributed by atoms with Crippen molar-refractivity contribution in [2.24, 2.45) is 11.8 Å². The van der Waals surface area contributed by atoms with Gasteiger partial charge in [0.1, 0.15) is 0 Å². The maximum absolute atomic E-state index is 6.34. The summed E-state index contributed by atoms with van der Waals surface area (Å²) >= 11 is 12.4. The van der Waals surface area contributed by atoms with Gasteiger partial charge in [-0.25, -0.2) is 0 Å². The molecule has 0 bridgehead atoms. The average molecular weight is 286 g/mol. The SMILES string of the molecule is CCCNC(c1cc(Cl)ccc1Cl)C(C)C1CC1. The van der Waals surface area contributed by atoms with Crippen molar-refractivity contribution in [1.82, 2.24) is 5.32 Å². The monoisotopic (exact) mass is 285 g/mol.